The van der Waals surface area contributed by atoms with Gasteiger partial charge < -0.3 is 4.52 Å². The van der Waals surface area contributed by atoms with Gasteiger partial charge in [0, 0.05) is 19.0 Å². The Morgan fingerprint density at radius 1 is 1.30 bits per heavy atom. The molecule has 1 aromatic carbocycles. The lowest BCUT2D eigenvalue weighted by Gasteiger charge is -2.22. The number of aromatic nitrogens is 1. The molecule has 0 bridgehead atoms. The van der Waals surface area contributed by atoms with Gasteiger partial charge in [-0.3, -0.25) is 0 Å². The minimum absolute atomic E-state index is 0.0318. The molecule has 0 radical (unpaired) electrons. The van der Waals surface area contributed by atoms with E-state index in [0.29, 0.717) is 6.54 Å². The number of aryl methyl sites for hydroxylation is 1. The lowest BCUT2D eigenvalue weighted by Crippen LogP contribution is -2.31. The fraction of sp³-hybridized carbons (Fsp3) is 0.471. The first-order chi connectivity index (χ1) is 11.1. The molecule has 23 heavy (non-hydrogen) atoms. The van der Waals surface area contributed by atoms with E-state index in [2.05, 4.69) is 12.1 Å². The van der Waals surface area contributed by atoms with Gasteiger partial charge in [0.1, 0.15) is 11.5 Å². The number of sulfonamides is 1. The summed E-state index contributed by atoms with van der Waals surface area (Å²) in [4.78, 5) is 0. The van der Waals surface area contributed by atoms with Crippen LogP contribution in [0.3, 0.4) is 0 Å². The molecule has 2 aromatic rings. The second kappa shape index (κ2) is 6.84. The van der Waals surface area contributed by atoms with Crippen LogP contribution in [0.2, 0.25) is 0 Å². The molecule has 0 spiro atoms. The topological polar surface area (TPSA) is 63.4 Å². The fourth-order valence-electron chi connectivity index (χ4n) is 3.09. The minimum atomic E-state index is -3.36. The van der Waals surface area contributed by atoms with Crippen molar-refractivity contribution in [1.82, 2.24) is 9.46 Å². The van der Waals surface area contributed by atoms with E-state index in [-0.39, 0.29) is 11.8 Å². The number of benzene rings is 1. The summed E-state index contributed by atoms with van der Waals surface area (Å²) < 4.78 is 32.5. The third-order valence-corrected chi connectivity index (χ3v) is 6.02. The van der Waals surface area contributed by atoms with Gasteiger partial charge in [0.2, 0.25) is 10.0 Å². The fourth-order valence-corrected chi connectivity index (χ4v) is 4.87. The zero-order valence-corrected chi connectivity index (χ0v) is 14.1. The maximum absolute atomic E-state index is 12.8. The Morgan fingerprint density at radius 3 is 2.83 bits per heavy atom. The average Bonchev–Trinajstić information content (AvgIpc) is 3.16. The summed E-state index contributed by atoms with van der Waals surface area (Å²) in [5.74, 6) is 0.860. The van der Waals surface area contributed by atoms with Crippen LogP contribution in [0.5, 0.6) is 0 Å². The van der Waals surface area contributed by atoms with Crippen LogP contribution in [0.15, 0.2) is 40.9 Å². The third kappa shape index (κ3) is 3.64. The van der Waals surface area contributed by atoms with Gasteiger partial charge in [-0.25, -0.2) is 8.42 Å². The zero-order chi connectivity index (χ0) is 16.3. The molecule has 1 saturated heterocycles. The standard InChI is InChI=1S/C17H22N2O3S/c1-2-7-15-12-16(18-22-15)17-10-6-11-19(17)23(20,21)13-14-8-4-3-5-9-14/h3-5,8-9,12,17H,2,6-7,10-11,13H2,1H3/t17-/m1/s1. The van der Waals surface area contributed by atoms with Crippen molar-refractivity contribution < 1.29 is 12.9 Å². The van der Waals surface area contributed by atoms with Gasteiger partial charge in [-0.2, -0.15) is 4.31 Å². The Hall–Kier alpha value is -1.66. The van der Waals surface area contributed by atoms with Crippen LogP contribution in [-0.2, 0) is 22.2 Å². The normalized spacial score (nSPS) is 19.3. The van der Waals surface area contributed by atoms with Gasteiger partial charge in [-0.15, -0.1) is 0 Å². The van der Waals surface area contributed by atoms with Crippen molar-refractivity contribution in [2.24, 2.45) is 0 Å². The third-order valence-electron chi connectivity index (χ3n) is 4.17. The Morgan fingerprint density at radius 2 is 2.09 bits per heavy atom. The molecule has 0 amide bonds. The first-order valence-electron chi connectivity index (χ1n) is 8.09. The SMILES string of the molecule is CCCc1cc([C@H]2CCCN2S(=O)(=O)Cc2ccccc2)no1. The van der Waals surface area contributed by atoms with Crippen LogP contribution >= 0.6 is 0 Å². The van der Waals surface area contributed by atoms with Gasteiger partial charge in [-0.1, -0.05) is 42.4 Å². The quantitative estimate of drug-likeness (QED) is 0.813. The predicted octanol–water partition coefficient (Wildman–Crippen LogP) is 3.29. The van der Waals surface area contributed by atoms with E-state index in [1.807, 2.05) is 36.4 Å². The van der Waals surface area contributed by atoms with Crippen molar-refractivity contribution in [3.8, 4) is 0 Å². The van der Waals surface area contributed by atoms with E-state index in [9.17, 15) is 8.42 Å². The van der Waals surface area contributed by atoms with Gasteiger partial charge >= 0.3 is 0 Å². The minimum Gasteiger partial charge on any atom is -0.361 e. The van der Waals surface area contributed by atoms with Crippen molar-refractivity contribution in [2.45, 2.75) is 44.4 Å². The Kier molecular flexibility index (Phi) is 4.82. The number of hydrogen-bond acceptors (Lipinski definition) is 4. The van der Waals surface area contributed by atoms with Gasteiger partial charge in [0.15, 0.2) is 0 Å². The smallest absolute Gasteiger partial charge is 0.218 e. The molecule has 6 heteroatoms. The van der Waals surface area contributed by atoms with Crippen LogP contribution < -0.4 is 0 Å². The maximum atomic E-state index is 12.8. The molecule has 2 heterocycles. The molecule has 3 rings (SSSR count). The lowest BCUT2D eigenvalue weighted by molar-refractivity contribution is 0.343. The molecule has 1 fully saturated rings. The van der Waals surface area contributed by atoms with E-state index in [1.54, 1.807) is 4.31 Å². The van der Waals surface area contributed by atoms with Crippen LogP contribution in [0, 0.1) is 0 Å². The average molecular weight is 334 g/mol. The predicted molar refractivity (Wildman–Crippen MR) is 88.2 cm³/mol. The molecule has 1 aromatic heterocycles. The lowest BCUT2D eigenvalue weighted by atomic mass is 10.1. The number of nitrogens with zero attached hydrogens (tertiary/aromatic N) is 2. The summed E-state index contributed by atoms with van der Waals surface area (Å²) in [5, 5.41) is 4.11. The van der Waals surface area contributed by atoms with Crippen molar-refractivity contribution in [2.75, 3.05) is 6.54 Å². The molecule has 1 aliphatic rings. The van der Waals surface area contributed by atoms with Crippen LogP contribution in [0.1, 0.15) is 49.2 Å². The number of hydrogen-bond donors (Lipinski definition) is 0. The van der Waals surface area contributed by atoms with Gasteiger partial charge in [0.05, 0.1) is 11.8 Å². The summed E-state index contributed by atoms with van der Waals surface area (Å²) in [6.45, 7) is 2.63. The monoisotopic (exact) mass is 334 g/mol. The molecule has 5 nitrogen and oxygen atoms in total. The summed E-state index contributed by atoms with van der Waals surface area (Å²) in [6, 6.07) is 11.0. The molecule has 0 unspecified atom stereocenters. The summed E-state index contributed by atoms with van der Waals surface area (Å²) >= 11 is 0. The summed E-state index contributed by atoms with van der Waals surface area (Å²) in [7, 11) is -3.36. The second-order valence-electron chi connectivity index (χ2n) is 5.98. The highest BCUT2D eigenvalue weighted by Crippen LogP contribution is 2.35. The Bertz CT molecular complexity index is 740. The zero-order valence-electron chi connectivity index (χ0n) is 13.3. The molecule has 1 atom stereocenters. The van der Waals surface area contributed by atoms with Crippen molar-refractivity contribution >= 4 is 10.0 Å². The first kappa shape index (κ1) is 16.2. The molecular formula is C17H22N2O3S. The molecular weight excluding hydrogens is 312 g/mol. The maximum Gasteiger partial charge on any atom is 0.218 e. The van der Waals surface area contributed by atoms with Crippen LogP contribution in [0.25, 0.3) is 0 Å². The van der Waals surface area contributed by atoms with Crippen molar-refractivity contribution in [3.05, 3.63) is 53.4 Å². The molecule has 0 N–H and O–H groups in total. The van der Waals surface area contributed by atoms with Gasteiger partial charge in [-0.05, 0) is 24.8 Å². The molecule has 0 saturated carbocycles. The number of rotatable bonds is 6. The molecule has 124 valence electrons. The van der Waals surface area contributed by atoms with Gasteiger partial charge in [0.25, 0.3) is 0 Å². The molecule has 1 aliphatic heterocycles. The van der Waals surface area contributed by atoms with E-state index >= 15 is 0 Å². The highest BCUT2D eigenvalue weighted by molar-refractivity contribution is 7.88. The Labute approximate surface area is 137 Å². The van der Waals surface area contributed by atoms with E-state index in [0.717, 1.165) is 42.7 Å². The van der Waals surface area contributed by atoms with Crippen molar-refractivity contribution in [1.29, 1.82) is 0 Å². The highest BCUT2D eigenvalue weighted by Gasteiger charge is 2.36. The van der Waals surface area contributed by atoms with Crippen molar-refractivity contribution in [3.63, 3.8) is 0 Å². The second-order valence-corrected chi connectivity index (χ2v) is 7.90. The molecule has 0 aliphatic carbocycles. The van der Waals surface area contributed by atoms with E-state index in [1.165, 1.54) is 0 Å². The van der Waals surface area contributed by atoms with Crippen LogP contribution in [-0.4, -0.2) is 24.4 Å². The van der Waals surface area contributed by atoms with E-state index < -0.39 is 10.0 Å². The van der Waals surface area contributed by atoms with Crippen LogP contribution in [0.4, 0.5) is 0 Å². The first-order valence-corrected chi connectivity index (χ1v) is 9.70. The highest BCUT2D eigenvalue weighted by atomic mass is 32.2. The summed E-state index contributed by atoms with van der Waals surface area (Å²) in [5.41, 5.74) is 1.55. The largest absolute Gasteiger partial charge is 0.361 e. The summed E-state index contributed by atoms with van der Waals surface area (Å²) in [6.07, 6.45) is 3.46. The van der Waals surface area contributed by atoms with E-state index in [4.69, 9.17) is 4.52 Å². The Balaban J connectivity index is 1.79.